The van der Waals surface area contributed by atoms with E-state index in [1.54, 1.807) is 12.1 Å². The number of aryl methyl sites for hydroxylation is 2. The summed E-state index contributed by atoms with van der Waals surface area (Å²) in [5.41, 5.74) is -0.569. The van der Waals surface area contributed by atoms with Crippen LogP contribution in [-0.2, 0) is 35.8 Å². The first kappa shape index (κ1) is 21.6. The van der Waals surface area contributed by atoms with E-state index >= 15 is 0 Å². The van der Waals surface area contributed by atoms with Crippen molar-refractivity contribution in [2.24, 2.45) is 0 Å². The standard InChI is InChI=1S/C21H22F3O4PS/c22-21(23,24)30(26,27)28-17-11-9-13-5-1-3-7-15(13)19(17)20-16-8-4-2-6-14(16)10-12-18(20)29-25/h9-12,25,29H,1-8H2. The molecule has 0 spiro atoms. The molecule has 30 heavy (non-hydrogen) atoms. The van der Waals surface area contributed by atoms with Crippen LogP contribution in [-0.4, -0.2) is 18.8 Å². The summed E-state index contributed by atoms with van der Waals surface area (Å²) in [6.07, 6.45) is 6.78. The fourth-order valence-corrected chi connectivity index (χ4v) is 5.54. The van der Waals surface area contributed by atoms with Gasteiger partial charge in [0, 0.05) is 19.7 Å². The smallest absolute Gasteiger partial charge is 0.375 e. The van der Waals surface area contributed by atoms with Gasteiger partial charge < -0.3 is 9.08 Å². The monoisotopic (exact) mass is 458 g/mol. The molecule has 0 fully saturated rings. The molecule has 0 bridgehead atoms. The molecule has 4 nitrogen and oxygen atoms in total. The Balaban J connectivity index is 2.00. The fraction of sp³-hybridized carbons (Fsp3) is 0.429. The van der Waals surface area contributed by atoms with Crippen LogP contribution in [0.2, 0.25) is 0 Å². The average molecular weight is 458 g/mol. The maximum absolute atomic E-state index is 13.1. The summed E-state index contributed by atoms with van der Waals surface area (Å²) >= 11 is 0. The van der Waals surface area contributed by atoms with Crippen LogP contribution in [0.1, 0.15) is 47.9 Å². The molecule has 4 rings (SSSR count). The van der Waals surface area contributed by atoms with Gasteiger partial charge in [0.2, 0.25) is 0 Å². The van der Waals surface area contributed by atoms with Crippen molar-refractivity contribution >= 4 is 24.2 Å². The van der Waals surface area contributed by atoms with E-state index in [4.69, 9.17) is 0 Å². The molecule has 2 aliphatic carbocycles. The second-order valence-electron chi connectivity index (χ2n) is 7.71. The lowest BCUT2D eigenvalue weighted by atomic mass is 9.80. The second-order valence-corrected chi connectivity index (χ2v) is 10.0. The maximum Gasteiger partial charge on any atom is 0.534 e. The fourth-order valence-electron chi connectivity index (χ4n) is 4.52. The molecule has 9 heteroatoms. The molecule has 0 saturated heterocycles. The highest BCUT2D eigenvalue weighted by Gasteiger charge is 2.49. The molecule has 2 aromatic rings. The lowest BCUT2D eigenvalue weighted by Gasteiger charge is -2.27. The van der Waals surface area contributed by atoms with Crippen molar-refractivity contribution in [1.82, 2.24) is 0 Å². The molecule has 1 N–H and O–H groups in total. The summed E-state index contributed by atoms with van der Waals surface area (Å²) in [6.45, 7) is 0. The molecule has 1 unspecified atom stereocenters. The summed E-state index contributed by atoms with van der Waals surface area (Å²) in [7, 11) is -6.37. The minimum atomic E-state index is -5.81. The van der Waals surface area contributed by atoms with Gasteiger partial charge in [0.15, 0.2) is 5.75 Å². The molecule has 0 saturated carbocycles. The van der Waals surface area contributed by atoms with Gasteiger partial charge in [-0.3, -0.25) is 0 Å². The zero-order valence-corrected chi connectivity index (χ0v) is 18.0. The van der Waals surface area contributed by atoms with Crippen LogP contribution in [0.3, 0.4) is 0 Å². The Morgan fingerprint density at radius 1 is 0.833 bits per heavy atom. The lowest BCUT2D eigenvalue weighted by Crippen LogP contribution is -2.28. The van der Waals surface area contributed by atoms with Gasteiger partial charge in [0.25, 0.3) is 0 Å². The summed E-state index contributed by atoms with van der Waals surface area (Å²) < 4.78 is 67.5. The third-order valence-electron chi connectivity index (χ3n) is 5.88. The van der Waals surface area contributed by atoms with Crippen LogP contribution in [0.4, 0.5) is 13.2 Å². The van der Waals surface area contributed by atoms with Crippen molar-refractivity contribution in [3.05, 3.63) is 46.5 Å². The van der Waals surface area contributed by atoms with Gasteiger partial charge in [-0.05, 0) is 85.3 Å². The van der Waals surface area contributed by atoms with E-state index in [0.717, 1.165) is 67.2 Å². The molecule has 0 aliphatic heterocycles. The predicted octanol–water partition coefficient (Wildman–Crippen LogP) is 4.55. The zero-order valence-electron chi connectivity index (χ0n) is 16.2. The second kappa shape index (κ2) is 8.13. The molecular formula is C21H22F3O4PS. The topological polar surface area (TPSA) is 63.6 Å². The van der Waals surface area contributed by atoms with E-state index in [-0.39, 0.29) is 5.75 Å². The number of benzene rings is 2. The summed E-state index contributed by atoms with van der Waals surface area (Å²) in [5.74, 6) is -0.313. The number of rotatable bonds is 4. The van der Waals surface area contributed by atoms with E-state index in [9.17, 15) is 26.5 Å². The van der Waals surface area contributed by atoms with Crippen LogP contribution in [0, 0.1) is 0 Å². The van der Waals surface area contributed by atoms with Crippen LogP contribution in [0.15, 0.2) is 24.3 Å². The Hall–Kier alpha value is -1.63. The molecule has 162 valence electrons. The number of alkyl halides is 3. The van der Waals surface area contributed by atoms with Crippen LogP contribution in [0.25, 0.3) is 11.1 Å². The van der Waals surface area contributed by atoms with Crippen molar-refractivity contribution in [1.29, 1.82) is 0 Å². The molecule has 0 aromatic heterocycles. The van der Waals surface area contributed by atoms with Gasteiger partial charge in [-0.25, -0.2) is 0 Å². The van der Waals surface area contributed by atoms with Crippen LogP contribution < -0.4 is 9.49 Å². The molecule has 2 aromatic carbocycles. The highest BCUT2D eigenvalue weighted by Crippen LogP contribution is 2.44. The highest BCUT2D eigenvalue weighted by molar-refractivity contribution is 7.88. The van der Waals surface area contributed by atoms with E-state index < -0.39 is 24.4 Å². The molecule has 0 radical (unpaired) electrons. The first-order valence-corrected chi connectivity index (χ1v) is 12.3. The normalized spacial score (nSPS) is 17.1. The molecule has 0 amide bonds. The largest absolute Gasteiger partial charge is 0.534 e. The zero-order chi connectivity index (χ0) is 21.5. The maximum atomic E-state index is 13.1. The third kappa shape index (κ3) is 3.85. The van der Waals surface area contributed by atoms with Crippen molar-refractivity contribution in [2.45, 2.75) is 56.9 Å². The highest BCUT2D eigenvalue weighted by atomic mass is 32.2. The van der Waals surface area contributed by atoms with Gasteiger partial charge in [0.05, 0.1) is 0 Å². The first-order valence-electron chi connectivity index (χ1n) is 9.93. The van der Waals surface area contributed by atoms with Crippen LogP contribution in [0.5, 0.6) is 5.75 Å². The minimum absolute atomic E-state index is 0.313. The third-order valence-corrected chi connectivity index (χ3v) is 7.50. The number of fused-ring (bicyclic) bond motifs is 2. The minimum Gasteiger partial charge on any atom is -0.375 e. The van der Waals surface area contributed by atoms with Crippen molar-refractivity contribution < 1.29 is 30.7 Å². The molecule has 1 atom stereocenters. The summed E-state index contributed by atoms with van der Waals surface area (Å²) in [5, 5.41) is 0.601. The Labute approximate surface area is 175 Å². The molecular weight excluding hydrogens is 436 g/mol. The number of hydrogen-bond donors (Lipinski definition) is 1. The van der Waals surface area contributed by atoms with E-state index in [1.165, 1.54) is 6.07 Å². The first-order chi connectivity index (χ1) is 14.2. The summed E-state index contributed by atoms with van der Waals surface area (Å²) in [6, 6.07) is 6.74. The molecule has 2 aliphatic rings. The van der Waals surface area contributed by atoms with E-state index in [1.807, 2.05) is 6.07 Å². The van der Waals surface area contributed by atoms with Crippen molar-refractivity contribution in [3.63, 3.8) is 0 Å². The van der Waals surface area contributed by atoms with Gasteiger partial charge >= 0.3 is 15.6 Å². The Morgan fingerprint density at radius 3 is 1.93 bits per heavy atom. The average Bonchev–Trinajstić information content (AvgIpc) is 2.72. The lowest BCUT2D eigenvalue weighted by molar-refractivity contribution is -0.0499. The Bertz CT molecular complexity index is 1080. The van der Waals surface area contributed by atoms with Gasteiger partial charge in [-0.15, -0.1) is 0 Å². The summed E-state index contributed by atoms with van der Waals surface area (Å²) in [4.78, 5) is 10.0. The van der Waals surface area contributed by atoms with Crippen molar-refractivity contribution in [3.8, 4) is 16.9 Å². The van der Waals surface area contributed by atoms with Gasteiger partial charge in [0.1, 0.15) is 0 Å². The quantitative estimate of drug-likeness (QED) is 0.415. The molecule has 0 heterocycles. The van der Waals surface area contributed by atoms with Gasteiger partial charge in [-0.2, -0.15) is 21.6 Å². The predicted molar refractivity (Wildman–Crippen MR) is 111 cm³/mol. The van der Waals surface area contributed by atoms with Crippen molar-refractivity contribution in [2.75, 3.05) is 0 Å². The van der Waals surface area contributed by atoms with Crippen LogP contribution >= 0.6 is 8.81 Å². The van der Waals surface area contributed by atoms with E-state index in [0.29, 0.717) is 22.9 Å². The Morgan fingerprint density at radius 2 is 1.37 bits per heavy atom. The number of hydrogen-bond acceptors (Lipinski definition) is 4. The number of halogens is 3. The Kier molecular flexibility index (Phi) is 5.86. The SMILES string of the molecule is O=S(=O)(Oc1ccc2c(c1-c1c(PO)ccc3c1CCCC3)CCCC2)C(F)(F)F. The van der Waals surface area contributed by atoms with E-state index in [2.05, 4.69) is 4.18 Å². The van der Waals surface area contributed by atoms with Gasteiger partial charge in [-0.1, -0.05) is 18.2 Å².